The molecule has 0 bridgehead atoms. The zero-order valence-electron chi connectivity index (χ0n) is 11.3. The third kappa shape index (κ3) is 3.42. The molecule has 0 aliphatic heterocycles. The van der Waals surface area contributed by atoms with Gasteiger partial charge in [0.05, 0.1) is 0 Å². The fourth-order valence-corrected chi connectivity index (χ4v) is 2.06. The summed E-state index contributed by atoms with van der Waals surface area (Å²) in [6, 6.07) is 13.6. The lowest BCUT2D eigenvalue weighted by atomic mass is 10.1. The summed E-state index contributed by atoms with van der Waals surface area (Å²) in [6.45, 7) is 2.16. The molecule has 1 atom stereocenters. The molecule has 2 rings (SSSR count). The number of primary amides is 1. The quantitative estimate of drug-likeness (QED) is 0.878. The lowest BCUT2D eigenvalue weighted by molar-refractivity contribution is -0.120. The standard InChI is InChI=1S/C16H17FN2O/c1-11-9-12(7-8-14(11)17)10-19-15(16(18)20)13-5-3-2-4-6-13/h2-9,15,19H,10H2,1H3,(H2,18,20)/t15-/m1/s1. The molecule has 4 heteroatoms. The van der Waals surface area contributed by atoms with Gasteiger partial charge in [-0.05, 0) is 29.7 Å². The van der Waals surface area contributed by atoms with E-state index in [9.17, 15) is 9.18 Å². The van der Waals surface area contributed by atoms with Gasteiger partial charge in [0.1, 0.15) is 11.9 Å². The molecule has 0 radical (unpaired) electrons. The summed E-state index contributed by atoms with van der Waals surface area (Å²) in [7, 11) is 0. The summed E-state index contributed by atoms with van der Waals surface area (Å²) in [6.07, 6.45) is 0. The van der Waals surface area contributed by atoms with Crippen molar-refractivity contribution in [2.75, 3.05) is 0 Å². The number of benzene rings is 2. The van der Waals surface area contributed by atoms with Crippen molar-refractivity contribution in [3.63, 3.8) is 0 Å². The monoisotopic (exact) mass is 272 g/mol. The fourth-order valence-electron chi connectivity index (χ4n) is 2.06. The number of halogens is 1. The van der Waals surface area contributed by atoms with Crippen LogP contribution in [0.15, 0.2) is 48.5 Å². The van der Waals surface area contributed by atoms with Crippen molar-refractivity contribution in [2.24, 2.45) is 5.73 Å². The molecular formula is C16H17FN2O. The van der Waals surface area contributed by atoms with Crippen LogP contribution in [0.3, 0.4) is 0 Å². The minimum absolute atomic E-state index is 0.233. The number of hydrogen-bond acceptors (Lipinski definition) is 2. The van der Waals surface area contributed by atoms with Gasteiger partial charge in [-0.2, -0.15) is 0 Å². The van der Waals surface area contributed by atoms with Crippen molar-refractivity contribution in [3.8, 4) is 0 Å². The Labute approximate surface area is 117 Å². The fraction of sp³-hybridized carbons (Fsp3) is 0.188. The highest BCUT2D eigenvalue weighted by Gasteiger charge is 2.16. The second-order valence-corrected chi connectivity index (χ2v) is 4.71. The molecule has 0 unspecified atom stereocenters. The molecular weight excluding hydrogens is 255 g/mol. The first-order chi connectivity index (χ1) is 9.58. The summed E-state index contributed by atoms with van der Waals surface area (Å²) in [4.78, 5) is 11.5. The van der Waals surface area contributed by atoms with Crippen molar-refractivity contribution >= 4 is 5.91 Å². The Balaban J connectivity index is 2.10. The van der Waals surface area contributed by atoms with Crippen molar-refractivity contribution < 1.29 is 9.18 Å². The molecule has 0 aliphatic rings. The van der Waals surface area contributed by atoms with Gasteiger partial charge in [-0.1, -0.05) is 42.5 Å². The van der Waals surface area contributed by atoms with Crippen LogP contribution in [-0.4, -0.2) is 5.91 Å². The van der Waals surface area contributed by atoms with Crippen LogP contribution in [0.2, 0.25) is 0 Å². The molecule has 0 aromatic heterocycles. The van der Waals surface area contributed by atoms with Crippen LogP contribution >= 0.6 is 0 Å². The zero-order valence-corrected chi connectivity index (χ0v) is 11.3. The van der Waals surface area contributed by atoms with Crippen molar-refractivity contribution in [2.45, 2.75) is 19.5 Å². The maximum Gasteiger partial charge on any atom is 0.239 e. The maximum absolute atomic E-state index is 13.2. The van der Waals surface area contributed by atoms with E-state index < -0.39 is 11.9 Å². The average molecular weight is 272 g/mol. The Kier molecular flexibility index (Phi) is 4.48. The van der Waals surface area contributed by atoms with Gasteiger partial charge >= 0.3 is 0 Å². The largest absolute Gasteiger partial charge is 0.368 e. The van der Waals surface area contributed by atoms with Gasteiger partial charge < -0.3 is 5.73 Å². The molecule has 2 aromatic carbocycles. The number of nitrogens with two attached hydrogens (primary N) is 1. The lowest BCUT2D eigenvalue weighted by Gasteiger charge is -2.16. The molecule has 2 aromatic rings. The first-order valence-electron chi connectivity index (χ1n) is 6.40. The molecule has 0 aliphatic carbocycles. The Hall–Kier alpha value is -2.20. The van der Waals surface area contributed by atoms with E-state index in [0.29, 0.717) is 12.1 Å². The predicted octanol–water partition coefficient (Wildman–Crippen LogP) is 2.45. The minimum Gasteiger partial charge on any atom is -0.368 e. The number of carbonyl (C=O) groups is 1. The third-order valence-corrected chi connectivity index (χ3v) is 3.15. The van der Waals surface area contributed by atoms with Gasteiger partial charge in [0.25, 0.3) is 0 Å². The summed E-state index contributed by atoms with van der Waals surface area (Å²) >= 11 is 0. The van der Waals surface area contributed by atoms with Gasteiger partial charge in [0.15, 0.2) is 0 Å². The van der Waals surface area contributed by atoms with Crippen LogP contribution in [0.1, 0.15) is 22.7 Å². The molecule has 3 N–H and O–H groups in total. The predicted molar refractivity (Wildman–Crippen MR) is 76.4 cm³/mol. The summed E-state index contributed by atoms with van der Waals surface area (Å²) in [5.74, 6) is -0.668. The smallest absolute Gasteiger partial charge is 0.239 e. The highest BCUT2D eigenvalue weighted by Crippen LogP contribution is 2.14. The summed E-state index contributed by atoms with van der Waals surface area (Å²) in [5.41, 5.74) is 7.74. The van der Waals surface area contributed by atoms with Crippen LogP contribution in [0.25, 0.3) is 0 Å². The Morgan fingerprint density at radius 1 is 1.25 bits per heavy atom. The molecule has 104 valence electrons. The van der Waals surface area contributed by atoms with Crippen LogP contribution in [-0.2, 0) is 11.3 Å². The topological polar surface area (TPSA) is 55.1 Å². The number of hydrogen-bond donors (Lipinski definition) is 2. The number of carbonyl (C=O) groups excluding carboxylic acids is 1. The summed E-state index contributed by atoms with van der Waals surface area (Å²) < 4.78 is 13.2. The van der Waals surface area contributed by atoms with E-state index in [1.54, 1.807) is 19.1 Å². The third-order valence-electron chi connectivity index (χ3n) is 3.15. The zero-order chi connectivity index (χ0) is 14.5. The minimum atomic E-state index is -0.554. The van der Waals surface area contributed by atoms with Crippen LogP contribution < -0.4 is 11.1 Å². The Morgan fingerprint density at radius 2 is 1.95 bits per heavy atom. The summed E-state index contributed by atoms with van der Waals surface area (Å²) in [5, 5.41) is 3.10. The van der Waals surface area contributed by atoms with E-state index in [1.807, 2.05) is 30.3 Å². The number of aryl methyl sites for hydroxylation is 1. The molecule has 0 heterocycles. The second-order valence-electron chi connectivity index (χ2n) is 4.71. The molecule has 0 spiro atoms. The van der Waals surface area contributed by atoms with Crippen molar-refractivity contribution in [1.82, 2.24) is 5.32 Å². The van der Waals surface area contributed by atoms with Crippen LogP contribution in [0.5, 0.6) is 0 Å². The van der Waals surface area contributed by atoms with Gasteiger partial charge in [-0.25, -0.2) is 4.39 Å². The van der Waals surface area contributed by atoms with Crippen LogP contribution in [0, 0.1) is 12.7 Å². The Morgan fingerprint density at radius 3 is 2.55 bits per heavy atom. The molecule has 0 saturated carbocycles. The normalized spacial score (nSPS) is 12.1. The second kappa shape index (κ2) is 6.30. The number of rotatable bonds is 5. The van der Waals surface area contributed by atoms with Gasteiger partial charge in [0.2, 0.25) is 5.91 Å². The molecule has 20 heavy (non-hydrogen) atoms. The highest BCUT2D eigenvalue weighted by atomic mass is 19.1. The average Bonchev–Trinajstić information content (AvgIpc) is 2.44. The Bertz CT molecular complexity index is 599. The van der Waals surface area contributed by atoms with Crippen molar-refractivity contribution in [3.05, 3.63) is 71.0 Å². The first-order valence-corrected chi connectivity index (χ1v) is 6.40. The maximum atomic E-state index is 13.2. The van der Waals surface area contributed by atoms with E-state index >= 15 is 0 Å². The van der Waals surface area contributed by atoms with E-state index in [1.165, 1.54) is 6.07 Å². The molecule has 0 saturated heterocycles. The van der Waals surface area contributed by atoms with Gasteiger partial charge in [-0.3, -0.25) is 10.1 Å². The first kappa shape index (κ1) is 14.2. The number of nitrogens with one attached hydrogen (secondary N) is 1. The van der Waals surface area contributed by atoms with E-state index in [2.05, 4.69) is 5.32 Å². The van der Waals surface area contributed by atoms with Gasteiger partial charge in [0, 0.05) is 6.54 Å². The molecule has 0 fully saturated rings. The van der Waals surface area contributed by atoms with Gasteiger partial charge in [-0.15, -0.1) is 0 Å². The van der Waals surface area contributed by atoms with E-state index in [0.717, 1.165) is 11.1 Å². The SMILES string of the molecule is Cc1cc(CN[C@@H](C(N)=O)c2ccccc2)ccc1F. The van der Waals surface area contributed by atoms with Crippen LogP contribution in [0.4, 0.5) is 4.39 Å². The molecule has 3 nitrogen and oxygen atoms in total. The van der Waals surface area contributed by atoms with E-state index in [-0.39, 0.29) is 5.82 Å². The van der Waals surface area contributed by atoms with Crippen molar-refractivity contribution in [1.29, 1.82) is 0 Å². The van der Waals surface area contributed by atoms with E-state index in [4.69, 9.17) is 5.73 Å². The highest BCUT2D eigenvalue weighted by molar-refractivity contribution is 5.81. The molecule has 1 amide bonds. The number of amides is 1. The lowest BCUT2D eigenvalue weighted by Crippen LogP contribution is -2.33.